The van der Waals surface area contributed by atoms with Gasteiger partial charge in [0.2, 0.25) is 0 Å². The molecular formula is C26H19N3O. The average molecular weight is 389 g/mol. The molecule has 0 radical (unpaired) electrons. The Labute approximate surface area is 174 Å². The first-order valence-corrected chi connectivity index (χ1v) is 9.81. The van der Waals surface area contributed by atoms with E-state index in [2.05, 4.69) is 47.1 Å². The second-order valence-corrected chi connectivity index (χ2v) is 7.15. The summed E-state index contributed by atoms with van der Waals surface area (Å²) in [6.45, 7) is 4.19. The minimum Gasteiger partial charge on any atom is -0.302 e. The molecule has 4 nitrogen and oxygen atoms in total. The lowest BCUT2D eigenvalue weighted by atomic mass is 9.97. The maximum atomic E-state index is 12.9. The molecule has 0 aromatic heterocycles. The predicted molar refractivity (Wildman–Crippen MR) is 125 cm³/mol. The molecular weight excluding hydrogens is 370 g/mol. The Morgan fingerprint density at radius 3 is 2.20 bits per heavy atom. The lowest BCUT2D eigenvalue weighted by Gasteiger charge is -2.13. The van der Waals surface area contributed by atoms with Gasteiger partial charge in [-0.05, 0) is 33.7 Å². The molecule has 0 N–H and O–H groups in total. The molecule has 4 aromatic rings. The maximum Gasteiger partial charge on any atom is 0.279 e. The Bertz CT molecular complexity index is 1310. The Morgan fingerprint density at radius 2 is 1.50 bits per heavy atom. The molecule has 4 heteroatoms. The van der Waals surface area contributed by atoms with Crippen LogP contribution in [0, 0.1) is 0 Å². The van der Waals surface area contributed by atoms with Crippen molar-refractivity contribution in [2.45, 2.75) is 0 Å². The van der Waals surface area contributed by atoms with E-state index in [9.17, 15) is 4.79 Å². The second-order valence-electron chi connectivity index (χ2n) is 7.15. The summed E-state index contributed by atoms with van der Waals surface area (Å²) >= 11 is 0. The second kappa shape index (κ2) is 7.41. The van der Waals surface area contributed by atoms with E-state index >= 15 is 0 Å². The Kier molecular flexibility index (Phi) is 4.45. The largest absolute Gasteiger partial charge is 0.302 e. The third kappa shape index (κ3) is 2.90. The summed E-state index contributed by atoms with van der Waals surface area (Å²) in [7, 11) is 0. The maximum absolute atomic E-state index is 12.9. The highest BCUT2D eigenvalue weighted by atomic mass is 16.2. The van der Waals surface area contributed by atoms with E-state index in [0.29, 0.717) is 12.3 Å². The fraction of sp³-hybridized carbons (Fsp3) is 0.0385. The summed E-state index contributed by atoms with van der Waals surface area (Å²) in [6.07, 6.45) is 3.47. The van der Waals surface area contributed by atoms with Gasteiger partial charge >= 0.3 is 0 Å². The van der Waals surface area contributed by atoms with E-state index in [1.807, 2.05) is 48.5 Å². The lowest BCUT2D eigenvalue weighted by Crippen LogP contribution is -2.30. The number of fused-ring (bicyclic) bond motifs is 3. The van der Waals surface area contributed by atoms with Crippen LogP contribution in [0.25, 0.3) is 21.5 Å². The SMILES string of the molecule is C=CCN1C(=O)/C(=N/N=C\c2c3ccccc3cc3ccccc23)c2ccccc21. The Morgan fingerprint density at radius 1 is 0.867 bits per heavy atom. The van der Waals surface area contributed by atoms with Crippen LogP contribution in [0.2, 0.25) is 0 Å². The van der Waals surface area contributed by atoms with Crippen molar-refractivity contribution in [2.24, 2.45) is 10.2 Å². The Hall–Kier alpha value is -4.05. The summed E-state index contributed by atoms with van der Waals surface area (Å²) in [4.78, 5) is 14.6. The highest BCUT2D eigenvalue weighted by molar-refractivity contribution is 6.54. The standard InChI is InChI=1S/C26H19N3O/c1-2-15-29-24-14-8-7-13-22(24)25(26(29)30)28-27-17-23-20-11-5-3-9-18(20)16-19-10-4-6-12-21(19)23/h2-14,16-17H,1,15H2/b27-17-,28-25+. The molecule has 4 aromatic carbocycles. The molecule has 30 heavy (non-hydrogen) atoms. The normalized spacial score (nSPS) is 14.9. The number of amides is 1. The topological polar surface area (TPSA) is 45.0 Å². The number of carbonyl (C=O) groups is 1. The molecule has 1 heterocycles. The number of benzene rings is 4. The monoisotopic (exact) mass is 389 g/mol. The number of para-hydroxylation sites is 1. The van der Waals surface area contributed by atoms with E-state index in [0.717, 1.165) is 38.4 Å². The quantitative estimate of drug-likeness (QED) is 0.201. The third-order valence-corrected chi connectivity index (χ3v) is 5.37. The summed E-state index contributed by atoms with van der Waals surface area (Å²) < 4.78 is 0. The van der Waals surface area contributed by atoms with Crippen molar-refractivity contribution in [1.82, 2.24) is 0 Å². The van der Waals surface area contributed by atoms with Crippen molar-refractivity contribution < 1.29 is 4.79 Å². The lowest BCUT2D eigenvalue weighted by molar-refractivity contribution is -0.112. The van der Waals surface area contributed by atoms with Gasteiger partial charge in [-0.3, -0.25) is 4.79 Å². The van der Waals surface area contributed by atoms with Gasteiger partial charge in [-0.2, -0.15) is 5.10 Å². The molecule has 1 aliphatic heterocycles. The van der Waals surface area contributed by atoms with Crippen LogP contribution >= 0.6 is 0 Å². The van der Waals surface area contributed by atoms with Crippen LogP contribution in [-0.4, -0.2) is 24.4 Å². The smallest absolute Gasteiger partial charge is 0.279 e. The van der Waals surface area contributed by atoms with Gasteiger partial charge in [-0.1, -0.05) is 72.8 Å². The van der Waals surface area contributed by atoms with Crippen LogP contribution in [0.1, 0.15) is 11.1 Å². The van der Waals surface area contributed by atoms with Crippen LogP contribution < -0.4 is 4.90 Å². The first kappa shape index (κ1) is 18.0. The van der Waals surface area contributed by atoms with Crippen LogP contribution in [-0.2, 0) is 4.79 Å². The van der Waals surface area contributed by atoms with E-state index < -0.39 is 0 Å². The molecule has 5 rings (SSSR count). The molecule has 0 saturated heterocycles. The zero-order valence-corrected chi connectivity index (χ0v) is 16.3. The molecule has 144 valence electrons. The van der Waals surface area contributed by atoms with Crippen molar-refractivity contribution in [3.63, 3.8) is 0 Å². The van der Waals surface area contributed by atoms with Gasteiger partial charge in [0.15, 0.2) is 5.71 Å². The Balaban J connectivity index is 1.62. The number of hydrogen-bond donors (Lipinski definition) is 0. The molecule has 0 unspecified atom stereocenters. The minimum absolute atomic E-state index is 0.156. The first-order chi connectivity index (χ1) is 14.8. The molecule has 0 bridgehead atoms. The van der Waals surface area contributed by atoms with E-state index in [1.165, 1.54) is 0 Å². The van der Waals surface area contributed by atoms with Gasteiger partial charge in [0.05, 0.1) is 11.9 Å². The number of hydrogen-bond acceptors (Lipinski definition) is 3. The minimum atomic E-state index is -0.156. The van der Waals surface area contributed by atoms with Crippen molar-refractivity contribution in [3.8, 4) is 0 Å². The molecule has 0 spiro atoms. The molecule has 1 aliphatic rings. The van der Waals surface area contributed by atoms with Crippen LogP contribution in [0.4, 0.5) is 5.69 Å². The highest BCUT2D eigenvalue weighted by Gasteiger charge is 2.32. The van der Waals surface area contributed by atoms with Crippen molar-refractivity contribution >= 4 is 45.1 Å². The number of anilines is 1. The van der Waals surface area contributed by atoms with Gasteiger partial charge in [0.25, 0.3) is 5.91 Å². The summed E-state index contributed by atoms with van der Waals surface area (Å²) in [5.74, 6) is -0.156. The molecule has 1 amide bonds. The highest BCUT2D eigenvalue weighted by Crippen LogP contribution is 2.30. The fourth-order valence-corrected chi connectivity index (χ4v) is 4.00. The van der Waals surface area contributed by atoms with E-state index in [-0.39, 0.29) is 5.91 Å². The van der Waals surface area contributed by atoms with Crippen molar-refractivity contribution in [1.29, 1.82) is 0 Å². The molecule has 0 aliphatic carbocycles. The van der Waals surface area contributed by atoms with Crippen LogP contribution in [0.5, 0.6) is 0 Å². The average Bonchev–Trinajstić information content (AvgIpc) is 3.05. The number of carbonyl (C=O) groups excluding carboxylic acids is 1. The molecule has 0 saturated carbocycles. The van der Waals surface area contributed by atoms with Gasteiger partial charge in [-0.25, -0.2) is 0 Å². The number of rotatable bonds is 4. The zero-order valence-electron chi connectivity index (χ0n) is 16.3. The predicted octanol–water partition coefficient (Wildman–Crippen LogP) is 5.35. The van der Waals surface area contributed by atoms with Crippen molar-refractivity contribution in [3.05, 3.63) is 103 Å². The molecule has 0 fully saturated rings. The number of nitrogens with zero attached hydrogens (tertiary/aromatic N) is 3. The third-order valence-electron chi connectivity index (χ3n) is 5.37. The molecule has 0 atom stereocenters. The van der Waals surface area contributed by atoms with Gasteiger partial charge in [0.1, 0.15) is 0 Å². The van der Waals surface area contributed by atoms with Gasteiger partial charge < -0.3 is 4.90 Å². The van der Waals surface area contributed by atoms with E-state index in [1.54, 1.807) is 17.2 Å². The van der Waals surface area contributed by atoms with Crippen molar-refractivity contribution in [2.75, 3.05) is 11.4 Å². The fourth-order valence-electron chi connectivity index (χ4n) is 4.00. The van der Waals surface area contributed by atoms with Crippen LogP contribution in [0.3, 0.4) is 0 Å². The zero-order chi connectivity index (χ0) is 20.5. The first-order valence-electron chi connectivity index (χ1n) is 9.81. The van der Waals surface area contributed by atoms with Gasteiger partial charge in [-0.15, -0.1) is 11.7 Å². The van der Waals surface area contributed by atoms with Gasteiger partial charge in [0, 0.05) is 17.7 Å². The van der Waals surface area contributed by atoms with Crippen LogP contribution in [0.15, 0.2) is 102 Å². The summed E-state index contributed by atoms with van der Waals surface area (Å²) in [6, 6.07) is 26.3. The summed E-state index contributed by atoms with van der Waals surface area (Å²) in [5.41, 5.74) is 2.99. The summed E-state index contributed by atoms with van der Waals surface area (Å²) in [5, 5.41) is 13.2. The van der Waals surface area contributed by atoms with E-state index in [4.69, 9.17) is 0 Å².